The maximum absolute atomic E-state index is 13.0. The van der Waals surface area contributed by atoms with Crippen LogP contribution in [0.1, 0.15) is 12.8 Å². The Morgan fingerprint density at radius 1 is 1.09 bits per heavy atom. The normalized spacial score (nSPS) is 20.8. The Balaban J connectivity index is 1.35. The molecule has 1 aromatic carbocycles. The van der Waals surface area contributed by atoms with Crippen LogP contribution in [0.15, 0.2) is 47.5 Å². The largest absolute Gasteiger partial charge is 0.474 e. The molecule has 2 aromatic rings. The van der Waals surface area contributed by atoms with Gasteiger partial charge in [0.15, 0.2) is 0 Å². The Morgan fingerprint density at radius 3 is 2.53 bits per heavy atom. The summed E-state index contributed by atoms with van der Waals surface area (Å²) in [6.07, 6.45) is 1.90. The number of ether oxygens (including phenoxy) is 2. The highest BCUT2D eigenvalue weighted by Crippen LogP contribution is 2.26. The van der Waals surface area contributed by atoms with Gasteiger partial charge in [0.25, 0.3) is 5.91 Å². The van der Waals surface area contributed by atoms with Gasteiger partial charge in [0.05, 0.1) is 16.7 Å². The van der Waals surface area contributed by atoms with Crippen LogP contribution in [0.4, 0.5) is 0 Å². The third kappa shape index (κ3) is 5.18. The predicted molar refractivity (Wildman–Crippen MR) is 119 cm³/mol. The molecule has 3 heterocycles. The molecule has 0 bridgehead atoms. The molecule has 2 aliphatic rings. The Bertz CT molecular complexity index is 1060. The van der Waals surface area contributed by atoms with Crippen LogP contribution >= 0.6 is 23.2 Å². The number of halogens is 2. The van der Waals surface area contributed by atoms with Gasteiger partial charge in [-0.1, -0.05) is 35.3 Å². The summed E-state index contributed by atoms with van der Waals surface area (Å²) in [4.78, 5) is 18.9. The second-order valence-corrected chi connectivity index (χ2v) is 10.4. The number of sulfonamides is 1. The van der Waals surface area contributed by atoms with Crippen LogP contribution < -0.4 is 4.74 Å². The first kappa shape index (κ1) is 23.3. The molecule has 2 saturated heterocycles. The summed E-state index contributed by atoms with van der Waals surface area (Å²) < 4.78 is 38.8. The molecular weight excluding hydrogens is 477 g/mol. The number of carbonyl (C=O) groups is 1. The molecule has 2 aliphatic heterocycles. The molecule has 8 nitrogen and oxygen atoms in total. The van der Waals surface area contributed by atoms with E-state index in [4.69, 9.17) is 32.7 Å². The highest BCUT2D eigenvalue weighted by atomic mass is 35.5. The van der Waals surface area contributed by atoms with E-state index < -0.39 is 16.1 Å². The average molecular weight is 500 g/mol. The topological polar surface area (TPSA) is 89.0 Å². The van der Waals surface area contributed by atoms with Crippen LogP contribution in [-0.4, -0.2) is 73.5 Å². The average Bonchev–Trinajstić information content (AvgIpc) is 2.81. The lowest BCUT2D eigenvalue weighted by Gasteiger charge is -2.37. The van der Waals surface area contributed by atoms with Gasteiger partial charge in [0.2, 0.25) is 15.9 Å². The number of rotatable bonds is 5. The molecule has 0 unspecified atom stereocenters. The van der Waals surface area contributed by atoms with Gasteiger partial charge in [-0.25, -0.2) is 13.4 Å². The van der Waals surface area contributed by atoms with Crippen molar-refractivity contribution in [3.8, 4) is 5.88 Å². The number of carbonyl (C=O) groups excluding carboxylic acids is 1. The van der Waals surface area contributed by atoms with Crippen molar-refractivity contribution in [3.63, 3.8) is 0 Å². The number of nitrogens with zero attached hydrogens (tertiary/aromatic N) is 3. The molecule has 32 heavy (non-hydrogen) atoms. The van der Waals surface area contributed by atoms with Crippen molar-refractivity contribution in [1.29, 1.82) is 0 Å². The molecule has 1 aromatic heterocycles. The van der Waals surface area contributed by atoms with Crippen molar-refractivity contribution in [2.45, 2.75) is 29.9 Å². The van der Waals surface area contributed by atoms with Gasteiger partial charge in [-0.3, -0.25) is 4.79 Å². The number of hydrogen-bond acceptors (Lipinski definition) is 6. The van der Waals surface area contributed by atoms with Gasteiger partial charge in [-0.15, -0.1) is 0 Å². The maximum Gasteiger partial charge on any atom is 0.253 e. The summed E-state index contributed by atoms with van der Waals surface area (Å²) in [6, 6.07) is 9.71. The standard InChI is InChI=1S/C21H23Cl2N3O5S/c22-15-5-6-20(24-13-15)31-16-7-9-25(10-8-16)21(27)18-14-26(11-12-30-18)32(28,29)19-4-2-1-3-17(19)23/h1-6,13,16,18H,7-12,14H2/t18-/m0/s1. The molecule has 0 aliphatic carbocycles. The smallest absolute Gasteiger partial charge is 0.253 e. The fourth-order valence-corrected chi connectivity index (χ4v) is 5.82. The zero-order chi connectivity index (χ0) is 22.7. The van der Waals surface area contributed by atoms with E-state index in [0.29, 0.717) is 36.8 Å². The van der Waals surface area contributed by atoms with Crippen LogP contribution in [0, 0.1) is 0 Å². The summed E-state index contributed by atoms with van der Waals surface area (Å²) in [5.74, 6) is 0.280. The number of morpholine rings is 1. The van der Waals surface area contributed by atoms with Crippen molar-refractivity contribution in [2.75, 3.05) is 32.8 Å². The van der Waals surface area contributed by atoms with Gasteiger partial charge < -0.3 is 14.4 Å². The molecule has 0 saturated carbocycles. The molecular formula is C21H23Cl2N3O5S. The lowest BCUT2D eigenvalue weighted by Crippen LogP contribution is -2.54. The van der Waals surface area contributed by atoms with E-state index in [0.717, 1.165) is 0 Å². The number of piperidine rings is 1. The van der Waals surface area contributed by atoms with E-state index in [1.165, 1.54) is 22.6 Å². The Kier molecular flexibility index (Phi) is 7.21. The molecule has 11 heteroatoms. The molecule has 1 atom stereocenters. The van der Waals surface area contributed by atoms with Gasteiger partial charge in [-0.2, -0.15) is 4.31 Å². The highest BCUT2D eigenvalue weighted by molar-refractivity contribution is 7.89. The summed E-state index contributed by atoms with van der Waals surface area (Å²) in [7, 11) is -3.82. The molecule has 1 amide bonds. The fourth-order valence-electron chi connectivity index (χ4n) is 3.79. The highest BCUT2D eigenvalue weighted by Gasteiger charge is 2.37. The van der Waals surface area contributed by atoms with Crippen molar-refractivity contribution in [2.24, 2.45) is 0 Å². The minimum absolute atomic E-state index is 0.0311. The van der Waals surface area contributed by atoms with Crippen LogP contribution in [0.3, 0.4) is 0 Å². The first-order chi connectivity index (χ1) is 15.3. The van der Waals surface area contributed by atoms with Crippen LogP contribution in [0.2, 0.25) is 10.0 Å². The second-order valence-electron chi connectivity index (χ2n) is 7.61. The SMILES string of the molecule is O=C([C@@H]1CN(S(=O)(=O)c2ccccc2Cl)CCO1)N1CCC(Oc2ccc(Cl)cn2)CC1. The second kappa shape index (κ2) is 9.93. The first-order valence-corrected chi connectivity index (χ1v) is 12.5. The summed E-state index contributed by atoms with van der Waals surface area (Å²) in [5, 5.41) is 0.690. The quantitative estimate of drug-likeness (QED) is 0.628. The number of pyridine rings is 1. The number of amides is 1. The third-order valence-corrected chi connectivity index (χ3v) is 8.09. The minimum atomic E-state index is -3.82. The number of hydrogen-bond donors (Lipinski definition) is 0. The Morgan fingerprint density at radius 2 is 1.84 bits per heavy atom. The van der Waals surface area contributed by atoms with Crippen molar-refractivity contribution < 1.29 is 22.7 Å². The number of benzene rings is 1. The molecule has 0 spiro atoms. The van der Waals surface area contributed by atoms with Gasteiger partial charge in [0.1, 0.15) is 17.1 Å². The zero-order valence-corrected chi connectivity index (χ0v) is 19.5. The Labute approximate surface area is 197 Å². The number of likely N-dealkylation sites (tertiary alicyclic amines) is 1. The molecule has 4 rings (SSSR count). The lowest BCUT2D eigenvalue weighted by molar-refractivity contribution is -0.149. The monoisotopic (exact) mass is 499 g/mol. The first-order valence-electron chi connectivity index (χ1n) is 10.3. The van der Waals surface area contributed by atoms with Gasteiger partial charge in [0, 0.05) is 51.3 Å². The molecule has 0 N–H and O–H groups in total. The van der Waals surface area contributed by atoms with E-state index in [-0.39, 0.29) is 41.6 Å². The van der Waals surface area contributed by atoms with Crippen molar-refractivity contribution >= 4 is 39.1 Å². The van der Waals surface area contributed by atoms with Gasteiger partial charge in [-0.05, 0) is 18.2 Å². The van der Waals surface area contributed by atoms with E-state index in [1.54, 1.807) is 29.2 Å². The maximum atomic E-state index is 13.0. The van der Waals surface area contributed by atoms with Crippen LogP contribution in [0.5, 0.6) is 5.88 Å². The summed E-state index contributed by atoms with van der Waals surface area (Å²) >= 11 is 11.9. The van der Waals surface area contributed by atoms with E-state index in [2.05, 4.69) is 4.98 Å². The minimum Gasteiger partial charge on any atom is -0.474 e. The van der Waals surface area contributed by atoms with Crippen LogP contribution in [-0.2, 0) is 19.6 Å². The summed E-state index contributed by atoms with van der Waals surface area (Å²) in [6.45, 7) is 1.25. The third-order valence-electron chi connectivity index (χ3n) is 5.50. The molecule has 2 fully saturated rings. The lowest BCUT2D eigenvalue weighted by atomic mass is 10.1. The predicted octanol–water partition coefficient (Wildman–Crippen LogP) is 2.85. The summed E-state index contributed by atoms with van der Waals surface area (Å²) in [5.41, 5.74) is 0. The number of aromatic nitrogens is 1. The Hall–Kier alpha value is -1.91. The van der Waals surface area contributed by atoms with Crippen molar-refractivity contribution in [3.05, 3.63) is 52.6 Å². The van der Waals surface area contributed by atoms with E-state index in [1.807, 2.05) is 0 Å². The molecule has 0 radical (unpaired) electrons. The van der Waals surface area contributed by atoms with E-state index >= 15 is 0 Å². The molecule has 172 valence electrons. The van der Waals surface area contributed by atoms with Crippen LogP contribution in [0.25, 0.3) is 0 Å². The van der Waals surface area contributed by atoms with Crippen molar-refractivity contribution in [1.82, 2.24) is 14.2 Å². The van der Waals surface area contributed by atoms with E-state index in [9.17, 15) is 13.2 Å². The zero-order valence-electron chi connectivity index (χ0n) is 17.2. The fraction of sp³-hybridized carbons (Fsp3) is 0.429. The van der Waals surface area contributed by atoms with Gasteiger partial charge >= 0.3 is 0 Å².